The Hall–Kier alpha value is -1.13. The van der Waals surface area contributed by atoms with Crippen LogP contribution in [0.2, 0.25) is 0 Å². The molecule has 0 bridgehead atoms. The molecular formula is C8H4F5. The van der Waals surface area contributed by atoms with Crippen molar-refractivity contribution in [2.75, 3.05) is 0 Å². The van der Waals surface area contributed by atoms with E-state index in [1.54, 1.807) is 0 Å². The summed E-state index contributed by atoms with van der Waals surface area (Å²) < 4.78 is 60.8. The van der Waals surface area contributed by atoms with Crippen LogP contribution in [0.3, 0.4) is 0 Å². The lowest BCUT2D eigenvalue weighted by Crippen LogP contribution is -2.07. The monoisotopic (exact) mass is 195 g/mol. The largest absolute Gasteiger partial charge is 0.416 e. The van der Waals surface area contributed by atoms with Crippen LogP contribution < -0.4 is 0 Å². The second-order valence-corrected chi connectivity index (χ2v) is 2.43. The van der Waals surface area contributed by atoms with Crippen molar-refractivity contribution in [3.63, 3.8) is 0 Å². The first-order valence-corrected chi connectivity index (χ1v) is 3.20. The summed E-state index contributed by atoms with van der Waals surface area (Å²) >= 11 is 0. The fourth-order valence-electron chi connectivity index (χ4n) is 0.810. The molecule has 0 aliphatic carbocycles. The molecule has 0 amide bonds. The molecule has 1 rings (SSSR count). The van der Waals surface area contributed by atoms with Crippen molar-refractivity contribution in [2.24, 2.45) is 0 Å². The van der Waals surface area contributed by atoms with E-state index in [1.807, 2.05) is 0 Å². The third-order valence-electron chi connectivity index (χ3n) is 1.43. The lowest BCUT2D eigenvalue weighted by molar-refractivity contribution is -0.137. The van der Waals surface area contributed by atoms with Gasteiger partial charge in [0, 0.05) is 0 Å². The van der Waals surface area contributed by atoms with Crippen LogP contribution in [0, 0.1) is 18.6 Å². The quantitative estimate of drug-likeness (QED) is 0.558. The Balaban J connectivity index is 3.29. The highest BCUT2D eigenvalue weighted by atomic mass is 19.4. The molecule has 0 fully saturated rings. The Kier molecular flexibility index (Phi) is 2.28. The predicted molar refractivity (Wildman–Crippen MR) is 35.8 cm³/mol. The van der Waals surface area contributed by atoms with Gasteiger partial charge in [-0.2, -0.15) is 13.2 Å². The molecule has 0 aliphatic rings. The van der Waals surface area contributed by atoms with Crippen LogP contribution in [-0.4, -0.2) is 0 Å². The van der Waals surface area contributed by atoms with Gasteiger partial charge in [0.15, 0.2) is 11.6 Å². The maximum absolute atomic E-state index is 12.5. The Bertz CT molecular complexity index is 303. The zero-order valence-electron chi connectivity index (χ0n) is 6.25. The van der Waals surface area contributed by atoms with Gasteiger partial charge < -0.3 is 0 Å². The van der Waals surface area contributed by atoms with Crippen LogP contribution in [0.15, 0.2) is 12.1 Å². The van der Waals surface area contributed by atoms with E-state index in [1.165, 1.54) is 0 Å². The first-order chi connectivity index (χ1) is 5.82. The minimum absolute atomic E-state index is 0.101. The number of halogens is 5. The maximum Gasteiger partial charge on any atom is 0.416 e. The van der Waals surface area contributed by atoms with E-state index in [0.29, 0.717) is 6.07 Å². The summed E-state index contributed by atoms with van der Waals surface area (Å²) in [6.07, 6.45) is -4.68. The van der Waals surface area contributed by atoms with Gasteiger partial charge in [0.25, 0.3) is 0 Å². The van der Waals surface area contributed by atoms with Crippen LogP contribution in [-0.2, 0) is 6.18 Å². The smallest absolute Gasteiger partial charge is 0.204 e. The number of hydrogen-bond acceptors (Lipinski definition) is 0. The minimum atomic E-state index is -4.68. The molecule has 1 aromatic rings. The van der Waals surface area contributed by atoms with Gasteiger partial charge in [0.2, 0.25) is 0 Å². The summed E-state index contributed by atoms with van der Waals surface area (Å²) in [5, 5.41) is 0. The SMILES string of the molecule is [CH2]c1cc(C(F)(F)F)cc(F)c1F. The molecule has 1 radical (unpaired) electrons. The zero-order chi connectivity index (χ0) is 10.2. The molecule has 0 nitrogen and oxygen atoms in total. The summed E-state index contributed by atoms with van der Waals surface area (Å²) in [6, 6.07) is 0.558. The van der Waals surface area contributed by atoms with Crippen molar-refractivity contribution in [3.05, 3.63) is 41.8 Å². The number of hydrogen-bond donors (Lipinski definition) is 0. The van der Waals surface area contributed by atoms with E-state index in [4.69, 9.17) is 0 Å². The van der Waals surface area contributed by atoms with Gasteiger partial charge in [0.05, 0.1) is 5.56 Å². The first kappa shape index (κ1) is 9.95. The number of benzene rings is 1. The van der Waals surface area contributed by atoms with Crippen LogP contribution in [0.25, 0.3) is 0 Å². The van der Waals surface area contributed by atoms with E-state index in [-0.39, 0.29) is 6.07 Å². The number of alkyl halides is 3. The van der Waals surface area contributed by atoms with Crippen molar-refractivity contribution in [1.29, 1.82) is 0 Å². The van der Waals surface area contributed by atoms with E-state index < -0.39 is 28.9 Å². The van der Waals surface area contributed by atoms with Gasteiger partial charge in [-0.05, 0) is 24.6 Å². The van der Waals surface area contributed by atoms with Crippen LogP contribution in [0.4, 0.5) is 22.0 Å². The molecule has 1 aromatic carbocycles. The summed E-state index contributed by atoms with van der Waals surface area (Å²) in [5.74, 6) is -2.90. The van der Waals surface area contributed by atoms with Gasteiger partial charge in [-0.15, -0.1) is 0 Å². The molecule has 0 heterocycles. The first-order valence-electron chi connectivity index (χ1n) is 3.20. The molecule has 13 heavy (non-hydrogen) atoms. The van der Waals surface area contributed by atoms with Crippen molar-refractivity contribution in [1.82, 2.24) is 0 Å². The van der Waals surface area contributed by atoms with Crippen LogP contribution in [0.5, 0.6) is 0 Å². The Morgan fingerprint density at radius 2 is 1.62 bits per heavy atom. The molecule has 0 saturated heterocycles. The van der Waals surface area contributed by atoms with Crippen molar-refractivity contribution < 1.29 is 22.0 Å². The molecule has 0 saturated carbocycles. The molecule has 0 aliphatic heterocycles. The Morgan fingerprint density at radius 1 is 1.08 bits per heavy atom. The van der Waals surface area contributed by atoms with E-state index >= 15 is 0 Å². The summed E-state index contributed by atoms with van der Waals surface area (Å²) in [6.45, 7) is 2.94. The molecule has 71 valence electrons. The highest BCUT2D eigenvalue weighted by molar-refractivity contribution is 5.29. The minimum Gasteiger partial charge on any atom is -0.204 e. The predicted octanol–water partition coefficient (Wildman–Crippen LogP) is 3.17. The Morgan fingerprint density at radius 3 is 2.00 bits per heavy atom. The third kappa shape index (κ3) is 1.96. The normalized spacial score (nSPS) is 11.8. The van der Waals surface area contributed by atoms with Crippen molar-refractivity contribution >= 4 is 0 Å². The Labute approximate surface area is 71.0 Å². The lowest BCUT2D eigenvalue weighted by atomic mass is 10.1. The molecule has 0 unspecified atom stereocenters. The molecular weight excluding hydrogens is 191 g/mol. The van der Waals surface area contributed by atoms with Crippen LogP contribution >= 0.6 is 0 Å². The standard InChI is InChI=1S/C8H4F5/c1-4-2-5(8(11,12)13)3-6(9)7(4)10/h2-3H,1H2. The maximum atomic E-state index is 12.5. The highest BCUT2D eigenvalue weighted by Crippen LogP contribution is 2.31. The average molecular weight is 195 g/mol. The van der Waals surface area contributed by atoms with Gasteiger partial charge in [-0.3, -0.25) is 0 Å². The zero-order valence-corrected chi connectivity index (χ0v) is 6.25. The third-order valence-corrected chi connectivity index (χ3v) is 1.43. The lowest BCUT2D eigenvalue weighted by Gasteiger charge is -2.07. The topological polar surface area (TPSA) is 0 Å². The fraction of sp³-hybridized carbons (Fsp3) is 0.125. The van der Waals surface area contributed by atoms with Gasteiger partial charge in [-0.25, -0.2) is 8.78 Å². The molecule has 5 heteroatoms. The van der Waals surface area contributed by atoms with E-state index in [0.717, 1.165) is 0 Å². The second-order valence-electron chi connectivity index (χ2n) is 2.43. The van der Waals surface area contributed by atoms with Crippen molar-refractivity contribution in [3.8, 4) is 0 Å². The second kappa shape index (κ2) is 2.97. The number of rotatable bonds is 0. The summed E-state index contributed by atoms with van der Waals surface area (Å²) in [5.41, 5.74) is -1.84. The van der Waals surface area contributed by atoms with Crippen LogP contribution in [0.1, 0.15) is 11.1 Å². The molecule has 0 spiro atoms. The van der Waals surface area contributed by atoms with E-state index in [9.17, 15) is 22.0 Å². The molecule has 0 atom stereocenters. The molecule has 0 N–H and O–H groups in total. The van der Waals surface area contributed by atoms with Gasteiger partial charge in [-0.1, -0.05) is 0 Å². The average Bonchev–Trinajstić information content (AvgIpc) is 1.97. The molecule has 0 aromatic heterocycles. The van der Waals surface area contributed by atoms with Gasteiger partial charge in [0.1, 0.15) is 0 Å². The fourth-order valence-corrected chi connectivity index (χ4v) is 0.810. The van der Waals surface area contributed by atoms with E-state index in [2.05, 4.69) is 6.92 Å². The van der Waals surface area contributed by atoms with Crippen molar-refractivity contribution in [2.45, 2.75) is 6.18 Å². The van der Waals surface area contributed by atoms with Gasteiger partial charge >= 0.3 is 6.18 Å². The summed E-state index contributed by atoms with van der Waals surface area (Å²) in [4.78, 5) is 0. The highest BCUT2D eigenvalue weighted by Gasteiger charge is 2.31. The summed E-state index contributed by atoms with van der Waals surface area (Å²) in [7, 11) is 0.